The van der Waals surface area contributed by atoms with Gasteiger partial charge < -0.3 is 19.5 Å². The number of hydrogen-bond donors (Lipinski definition) is 2. The molecule has 0 heterocycles. The Morgan fingerprint density at radius 2 is 1.91 bits per heavy atom. The SMILES string of the molecule is COCO[C@H](CNCc1ccccc1)NC(=O)OC(C)(C)C. The van der Waals surface area contributed by atoms with Crippen molar-refractivity contribution in [3.8, 4) is 0 Å². The predicted octanol–water partition coefficient (Wildman–Crippen LogP) is 2.25. The van der Waals surface area contributed by atoms with Crippen LogP contribution in [0.4, 0.5) is 4.79 Å². The summed E-state index contributed by atoms with van der Waals surface area (Å²) in [7, 11) is 1.53. The van der Waals surface area contributed by atoms with Crippen molar-refractivity contribution >= 4 is 6.09 Å². The molecule has 0 bridgehead atoms. The molecule has 2 N–H and O–H groups in total. The molecule has 0 aromatic heterocycles. The fourth-order valence-electron chi connectivity index (χ4n) is 1.68. The second kappa shape index (κ2) is 9.40. The second-order valence-electron chi connectivity index (χ2n) is 5.82. The lowest BCUT2D eigenvalue weighted by atomic mass is 10.2. The quantitative estimate of drug-likeness (QED) is 0.721. The van der Waals surface area contributed by atoms with E-state index < -0.39 is 17.9 Å². The van der Waals surface area contributed by atoms with Crippen LogP contribution in [0.15, 0.2) is 30.3 Å². The number of carbonyl (C=O) groups excluding carboxylic acids is 1. The Bertz CT molecular complexity index is 432. The van der Waals surface area contributed by atoms with Crippen LogP contribution in [-0.4, -0.2) is 38.4 Å². The maximum Gasteiger partial charge on any atom is 0.409 e. The summed E-state index contributed by atoms with van der Waals surface area (Å²) in [6, 6.07) is 9.99. The standard InChI is InChI=1S/C16H26N2O4/c1-16(2,3)22-15(19)18-14(21-12-20-4)11-17-10-13-8-6-5-7-9-13/h5-9,14,17H,10-12H2,1-4H3,(H,18,19)/t14-/m1/s1. The molecular weight excluding hydrogens is 284 g/mol. The van der Waals surface area contributed by atoms with Crippen LogP contribution in [0.1, 0.15) is 26.3 Å². The maximum atomic E-state index is 11.8. The maximum absolute atomic E-state index is 11.8. The van der Waals surface area contributed by atoms with Crippen LogP contribution < -0.4 is 10.6 Å². The van der Waals surface area contributed by atoms with Crippen LogP contribution in [0.25, 0.3) is 0 Å². The lowest BCUT2D eigenvalue weighted by molar-refractivity contribution is -0.0823. The molecule has 0 radical (unpaired) electrons. The Hall–Kier alpha value is -1.63. The first-order valence-electron chi connectivity index (χ1n) is 7.25. The van der Waals surface area contributed by atoms with Gasteiger partial charge in [-0.2, -0.15) is 0 Å². The number of carbonyl (C=O) groups is 1. The van der Waals surface area contributed by atoms with Gasteiger partial charge in [-0.05, 0) is 26.3 Å². The van der Waals surface area contributed by atoms with Gasteiger partial charge in [-0.3, -0.25) is 5.32 Å². The average Bonchev–Trinajstić information content (AvgIpc) is 2.43. The highest BCUT2D eigenvalue weighted by atomic mass is 16.7. The minimum atomic E-state index is -0.548. The van der Waals surface area contributed by atoms with Gasteiger partial charge in [-0.15, -0.1) is 0 Å². The first-order chi connectivity index (χ1) is 10.4. The van der Waals surface area contributed by atoms with Crippen molar-refractivity contribution in [3.05, 3.63) is 35.9 Å². The Labute approximate surface area is 132 Å². The van der Waals surface area contributed by atoms with E-state index in [1.54, 1.807) is 0 Å². The Kier molecular flexibility index (Phi) is 7.87. The zero-order chi connectivity index (χ0) is 16.4. The summed E-state index contributed by atoms with van der Waals surface area (Å²) in [6.45, 7) is 6.65. The number of alkyl carbamates (subject to hydrolysis) is 1. The summed E-state index contributed by atoms with van der Waals surface area (Å²) in [6.07, 6.45) is -1.05. The summed E-state index contributed by atoms with van der Waals surface area (Å²) >= 11 is 0. The summed E-state index contributed by atoms with van der Waals surface area (Å²) in [5.74, 6) is 0. The van der Waals surface area contributed by atoms with Crippen molar-refractivity contribution < 1.29 is 19.0 Å². The first-order valence-corrected chi connectivity index (χ1v) is 7.25. The van der Waals surface area contributed by atoms with E-state index in [2.05, 4.69) is 10.6 Å². The molecule has 0 saturated carbocycles. The summed E-state index contributed by atoms with van der Waals surface area (Å²) in [5, 5.41) is 5.90. The molecule has 0 aliphatic rings. The lowest BCUT2D eigenvalue weighted by Gasteiger charge is -2.24. The largest absolute Gasteiger partial charge is 0.444 e. The number of nitrogens with one attached hydrogen (secondary N) is 2. The van der Waals surface area contributed by atoms with E-state index in [-0.39, 0.29) is 6.79 Å². The number of benzene rings is 1. The van der Waals surface area contributed by atoms with E-state index in [9.17, 15) is 4.79 Å². The summed E-state index contributed by atoms with van der Waals surface area (Å²) in [5.41, 5.74) is 0.609. The Morgan fingerprint density at radius 1 is 1.23 bits per heavy atom. The number of hydrogen-bond acceptors (Lipinski definition) is 5. The van der Waals surface area contributed by atoms with Crippen LogP contribution in [0, 0.1) is 0 Å². The zero-order valence-electron chi connectivity index (χ0n) is 13.7. The summed E-state index contributed by atoms with van der Waals surface area (Å²) < 4.78 is 15.5. The van der Waals surface area contributed by atoms with E-state index >= 15 is 0 Å². The Morgan fingerprint density at radius 3 is 2.50 bits per heavy atom. The fourth-order valence-corrected chi connectivity index (χ4v) is 1.68. The zero-order valence-corrected chi connectivity index (χ0v) is 13.7. The first kappa shape index (κ1) is 18.4. The van der Waals surface area contributed by atoms with E-state index in [1.807, 2.05) is 51.1 Å². The van der Waals surface area contributed by atoms with Gasteiger partial charge in [0.25, 0.3) is 0 Å². The Balaban J connectivity index is 2.41. The highest BCUT2D eigenvalue weighted by Gasteiger charge is 2.19. The highest BCUT2D eigenvalue weighted by molar-refractivity contribution is 5.67. The molecule has 6 heteroatoms. The molecule has 1 rings (SSSR count). The molecule has 0 aliphatic carbocycles. The number of amides is 1. The molecule has 0 unspecified atom stereocenters. The van der Waals surface area contributed by atoms with E-state index in [0.29, 0.717) is 13.1 Å². The minimum absolute atomic E-state index is 0.0908. The van der Waals surface area contributed by atoms with Gasteiger partial charge in [-0.25, -0.2) is 4.79 Å². The predicted molar refractivity (Wildman–Crippen MR) is 84.3 cm³/mol. The smallest absolute Gasteiger partial charge is 0.409 e. The molecule has 1 aromatic rings. The lowest BCUT2D eigenvalue weighted by Crippen LogP contribution is -2.46. The van der Waals surface area contributed by atoms with Crippen LogP contribution >= 0.6 is 0 Å². The molecule has 22 heavy (non-hydrogen) atoms. The number of rotatable bonds is 8. The van der Waals surface area contributed by atoms with Crippen molar-refractivity contribution in [2.75, 3.05) is 20.4 Å². The number of ether oxygens (including phenoxy) is 3. The summed E-state index contributed by atoms with van der Waals surface area (Å²) in [4.78, 5) is 11.8. The van der Waals surface area contributed by atoms with Crippen molar-refractivity contribution in [2.45, 2.75) is 39.1 Å². The molecule has 0 fully saturated rings. The van der Waals surface area contributed by atoms with Crippen LogP contribution in [0.2, 0.25) is 0 Å². The van der Waals surface area contributed by atoms with Gasteiger partial charge >= 0.3 is 6.09 Å². The molecular formula is C16H26N2O4. The third kappa shape index (κ3) is 8.61. The molecule has 0 aliphatic heterocycles. The molecule has 1 atom stereocenters. The molecule has 124 valence electrons. The molecule has 1 amide bonds. The monoisotopic (exact) mass is 310 g/mol. The molecule has 1 aromatic carbocycles. The minimum Gasteiger partial charge on any atom is -0.444 e. The van der Waals surface area contributed by atoms with Crippen molar-refractivity contribution in [3.63, 3.8) is 0 Å². The average molecular weight is 310 g/mol. The third-order valence-electron chi connectivity index (χ3n) is 2.57. The van der Waals surface area contributed by atoms with E-state index in [4.69, 9.17) is 14.2 Å². The van der Waals surface area contributed by atoms with E-state index in [0.717, 1.165) is 5.56 Å². The van der Waals surface area contributed by atoms with Crippen LogP contribution in [0.3, 0.4) is 0 Å². The fraction of sp³-hybridized carbons (Fsp3) is 0.562. The van der Waals surface area contributed by atoms with Gasteiger partial charge in [0.1, 0.15) is 18.6 Å². The number of methoxy groups -OCH3 is 1. The molecule has 6 nitrogen and oxygen atoms in total. The van der Waals surface area contributed by atoms with Gasteiger partial charge in [0, 0.05) is 20.2 Å². The van der Waals surface area contributed by atoms with Crippen molar-refractivity contribution in [1.29, 1.82) is 0 Å². The van der Waals surface area contributed by atoms with Gasteiger partial charge in [-0.1, -0.05) is 30.3 Å². The van der Waals surface area contributed by atoms with Crippen molar-refractivity contribution in [2.24, 2.45) is 0 Å². The van der Waals surface area contributed by atoms with Gasteiger partial charge in [0.05, 0.1) is 0 Å². The van der Waals surface area contributed by atoms with Crippen molar-refractivity contribution in [1.82, 2.24) is 10.6 Å². The van der Waals surface area contributed by atoms with Gasteiger partial charge in [0.2, 0.25) is 0 Å². The topological polar surface area (TPSA) is 68.8 Å². The normalized spacial score (nSPS) is 12.7. The molecule has 0 saturated heterocycles. The second-order valence-corrected chi connectivity index (χ2v) is 5.82. The third-order valence-corrected chi connectivity index (χ3v) is 2.57. The molecule has 0 spiro atoms. The highest BCUT2D eigenvalue weighted by Crippen LogP contribution is 2.07. The van der Waals surface area contributed by atoms with Gasteiger partial charge in [0.15, 0.2) is 0 Å². The van der Waals surface area contributed by atoms with Crippen LogP contribution in [-0.2, 0) is 20.8 Å². The van der Waals surface area contributed by atoms with Crippen LogP contribution in [0.5, 0.6) is 0 Å². The van der Waals surface area contributed by atoms with E-state index in [1.165, 1.54) is 7.11 Å².